The lowest BCUT2D eigenvalue weighted by Gasteiger charge is -2.27. The van der Waals surface area contributed by atoms with Gasteiger partial charge in [0, 0.05) is 25.2 Å². The third-order valence-electron chi connectivity index (χ3n) is 3.88. The molecule has 2 amide bonds. The first kappa shape index (κ1) is 16.8. The number of carboxylic acid groups (broad SMARTS) is 1. The summed E-state index contributed by atoms with van der Waals surface area (Å²) >= 11 is 0. The molecule has 0 bridgehead atoms. The first-order valence-corrected chi connectivity index (χ1v) is 7.38. The second-order valence-electron chi connectivity index (χ2n) is 5.77. The molecule has 20 heavy (non-hydrogen) atoms. The van der Waals surface area contributed by atoms with Crippen molar-refractivity contribution < 1.29 is 14.7 Å². The number of aliphatic carboxylic acids is 1. The highest BCUT2D eigenvalue weighted by molar-refractivity contribution is 5.80. The van der Waals surface area contributed by atoms with Gasteiger partial charge in [-0.25, -0.2) is 4.79 Å². The van der Waals surface area contributed by atoms with Crippen molar-refractivity contribution in [3.05, 3.63) is 0 Å². The summed E-state index contributed by atoms with van der Waals surface area (Å²) in [6, 6.07) is 0.202. The van der Waals surface area contributed by atoms with Crippen molar-refractivity contribution in [2.75, 3.05) is 26.7 Å². The summed E-state index contributed by atoms with van der Waals surface area (Å²) in [5.41, 5.74) is 0. The molecule has 116 valence electrons. The lowest BCUT2D eigenvalue weighted by atomic mass is 10.2. The molecule has 0 aromatic heterocycles. The van der Waals surface area contributed by atoms with Crippen LogP contribution in [-0.2, 0) is 4.79 Å². The maximum atomic E-state index is 12.0. The Kier molecular flexibility index (Phi) is 6.78. The number of hydrogen-bond acceptors (Lipinski definition) is 3. The van der Waals surface area contributed by atoms with E-state index in [1.54, 1.807) is 0 Å². The monoisotopic (exact) mass is 285 g/mol. The van der Waals surface area contributed by atoms with Gasteiger partial charge < -0.3 is 20.2 Å². The van der Waals surface area contributed by atoms with E-state index in [2.05, 4.69) is 17.3 Å². The fourth-order valence-electron chi connectivity index (χ4n) is 2.60. The first-order valence-electron chi connectivity index (χ1n) is 7.38. The SMILES string of the molecule is CC(C)N(CC(=O)O)C(=O)NCCN(C)C1CCCC1. The molecule has 2 N–H and O–H groups in total. The van der Waals surface area contributed by atoms with Gasteiger partial charge in [-0.15, -0.1) is 0 Å². The first-order chi connectivity index (χ1) is 9.41. The van der Waals surface area contributed by atoms with Gasteiger partial charge in [-0.3, -0.25) is 4.79 Å². The Morgan fingerprint density at radius 3 is 2.40 bits per heavy atom. The van der Waals surface area contributed by atoms with Crippen LogP contribution in [0.4, 0.5) is 4.79 Å². The van der Waals surface area contributed by atoms with E-state index in [0.717, 1.165) is 6.54 Å². The van der Waals surface area contributed by atoms with Gasteiger partial charge in [0.25, 0.3) is 0 Å². The van der Waals surface area contributed by atoms with E-state index in [4.69, 9.17) is 5.11 Å². The zero-order valence-corrected chi connectivity index (χ0v) is 12.8. The van der Waals surface area contributed by atoms with E-state index >= 15 is 0 Å². The lowest BCUT2D eigenvalue weighted by Crippen LogP contribution is -2.48. The molecule has 0 aliphatic heterocycles. The summed E-state index contributed by atoms with van der Waals surface area (Å²) in [6.45, 7) is 4.71. The van der Waals surface area contributed by atoms with Gasteiger partial charge in [-0.05, 0) is 33.7 Å². The molecule has 6 nitrogen and oxygen atoms in total. The molecule has 0 aromatic carbocycles. The van der Waals surface area contributed by atoms with Crippen molar-refractivity contribution >= 4 is 12.0 Å². The van der Waals surface area contributed by atoms with Crippen molar-refractivity contribution in [3.8, 4) is 0 Å². The number of carbonyl (C=O) groups is 2. The number of nitrogens with one attached hydrogen (secondary N) is 1. The molecular formula is C14H27N3O3. The Hall–Kier alpha value is -1.30. The molecule has 0 radical (unpaired) electrons. The van der Waals surface area contributed by atoms with Crippen LogP contribution in [0.1, 0.15) is 39.5 Å². The number of nitrogens with zero attached hydrogens (tertiary/aromatic N) is 2. The maximum absolute atomic E-state index is 12.0. The fraction of sp³-hybridized carbons (Fsp3) is 0.857. The predicted octanol–water partition coefficient (Wildman–Crippen LogP) is 1.37. The second kappa shape index (κ2) is 8.09. The third kappa shape index (κ3) is 5.36. The zero-order valence-electron chi connectivity index (χ0n) is 12.8. The molecule has 1 fully saturated rings. The molecule has 0 saturated heterocycles. The Bertz CT molecular complexity index is 328. The van der Waals surface area contributed by atoms with Crippen LogP contribution in [0.25, 0.3) is 0 Å². The minimum Gasteiger partial charge on any atom is -0.480 e. The van der Waals surface area contributed by atoms with Crippen LogP contribution in [-0.4, -0.2) is 65.7 Å². The van der Waals surface area contributed by atoms with Crippen LogP contribution in [0.15, 0.2) is 0 Å². The van der Waals surface area contributed by atoms with Crippen molar-refractivity contribution in [1.82, 2.24) is 15.1 Å². The number of carboxylic acids is 1. The molecule has 1 rings (SSSR count). The molecule has 0 heterocycles. The normalized spacial score (nSPS) is 15.8. The Balaban J connectivity index is 2.31. The van der Waals surface area contributed by atoms with E-state index in [1.165, 1.54) is 30.6 Å². The number of urea groups is 1. The average molecular weight is 285 g/mol. The van der Waals surface area contributed by atoms with Crippen molar-refractivity contribution in [1.29, 1.82) is 0 Å². The van der Waals surface area contributed by atoms with E-state index in [-0.39, 0.29) is 18.6 Å². The van der Waals surface area contributed by atoms with Gasteiger partial charge in [0.05, 0.1) is 0 Å². The highest BCUT2D eigenvalue weighted by atomic mass is 16.4. The van der Waals surface area contributed by atoms with Crippen molar-refractivity contribution in [2.45, 2.75) is 51.6 Å². The van der Waals surface area contributed by atoms with Crippen LogP contribution in [0.5, 0.6) is 0 Å². The number of amides is 2. The molecule has 6 heteroatoms. The summed E-state index contributed by atoms with van der Waals surface area (Å²) in [6.07, 6.45) is 5.06. The van der Waals surface area contributed by atoms with Crippen LogP contribution in [0.3, 0.4) is 0 Å². The van der Waals surface area contributed by atoms with Crippen molar-refractivity contribution in [2.24, 2.45) is 0 Å². The standard InChI is InChI=1S/C14H27N3O3/c1-11(2)17(10-13(18)19)14(20)15-8-9-16(3)12-6-4-5-7-12/h11-12H,4-10H2,1-3H3,(H,15,20)(H,18,19). The number of carbonyl (C=O) groups excluding carboxylic acids is 1. The largest absolute Gasteiger partial charge is 0.480 e. The molecule has 1 aliphatic rings. The number of hydrogen-bond donors (Lipinski definition) is 2. The smallest absolute Gasteiger partial charge is 0.323 e. The van der Waals surface area contributed by atoms with Gasteiger partial charge in [-0.1, -0.05) is 12.8 Å². The van der Waals surface area contributed by atoms with Crippen LogP contribution < -0.4 is 5.32 Å². The van der Waals surface area contributed by atoms with Gasteiger partial charge >= 0.3 is 12.0 Å². The van der Waals surface area contributed by atoms with Crippen LogP contribution >= 0.6 is 0 Å². The molecule has 0 unspecified atom stereocenters. The topological polar surface area (TPSA) is 72.9 Å². The molecular weight excluding hydrogens is 258 g/mol. The van der Waals surface area contributed by atoms with Gasteiger partial charge in [0.2, 0.25) is 0 Å². The predicted molar refractivity (Wildman–Crippen MR) is 77.8 cm³/mol. The van der Waals surface area contributed by atoms with E-state index in [0.29, 0.717) is 12.6 Å². The van der Waals surface area contributed by atoms with Gasteiger partial charge in [-0.2, -0.15) is 0 Å². The second-order valence-corrected chi connectivity index (χ2v) is 5.77. The quantitative estimate of drug-likeness (QED) is 0.741. The lowest BCUT2D eigenvalue weighted by molar-refractivity contribution is -0.138. The highest BCUT2D eigenvalue weighted by Crippen LogP contribution is 2.21. The number of likely N-dealkylation sites (N-methyl/N-ethyl adjacent to an activating group) is 1. The Labute approximate surface area is 121 Å². The Morgan fingerprint density at radius 2 is 1.90 bits per heavy atom. The summed E-state index contributed by atoms with van der Waals surface area (Å²) in [4.78, 5) is 26.3. The zero-order chi connectivity index (χ0) is 15.1. The van der Waals surface area contributed by atoms with E-state index in [9.17, 15) is 9.59 Å². The van der Waals surface area contributed by atoms with Crippen LogP contribution in [0.2, 0.25) is 0 Å². The van der Waals surface area contributed by atoms with Crippen molar-refractivity contribution in [3.63, 3.8) is 0 Å². The number of rotatable bonds is 7. The summed E-state index contributed by atoms with van der Waals surface area (Å²) < 4.78 is 0. The van der Waals surface area contributed by atoms with Gasteiger partial charge in [0.15, 0.2) is 0 Å². The average Bonchev–Trinajstić information content (AvgIpc) is 2.88. The minimum absolute atomic E-state index is 0.126. The Morgan fingerprint density at radius 1 is 1.30 bits per heavy atom. The van der Waals surface area contributed by atoms with Crippen LogP contribution in [0, 0.1) is 0 Å². The summed E-state index contributed by atoms with van der Waals surface area (Å²) in [5.74, 6) is -0.989. The maximum Gasteiger partial charge on any atom is 0.323 e. The molecule has 1 aliphatic carbocycles. The molecule has 1 saturated carbocycles. The fourth-order valence-corrected chi connectivity index (χ4v) is 2.60. The minimum atomic E-state index is -0.989. The summed E-state index contributed by atoms with van der Waals surface area (Å²) in [7, 11) is 2.08. The van der Waals surface area contributed by atoms with E-state index in [1.807, 2.05) is 13.8 Å². The molecule has 0 atom stereocenters. The molecule has 0 spiro atoms. The van der Waals surface area contributed by atoms with Gasteiger partial charge in [0.1, 0.15) is 6.54 Å². The summed E-state index contributed by atoms with van der Waals surface area (Å²) in [5, 5.41) is 11.6. The molecule has 0 aromatic rings. The van der Waals surface area contributed by atoms with E-state index < -0.39 is 5.97 Å². The third-order valence-corrected chi connectivity index (χ3v) is 3.88. The highest BCUT2D eigenvalue weighted by Gasteiger charge is 2.21.